The third-order valence-corrected chi connectivity index (χ3v) is 7.32. The van der Waals surface area contributed by atoms with Crippen molar-refractivity contribution in [3.8, 4) is 0 Å². The third kappa shape index (κ3) is 7.09. The van der Waals surface area contributed by atoms with Crippen molar-refractivity contribution in [2.75, 3.05) is 37.4 Å². The van der Waals surface area contributed by atoms with Crippen molar-refractivity contribution in [1.82, 2.24) is 4.90 Å². The van der Waals surface area contributed by atoms with E-state index < -0.39 is 6.10 Å². The Morgan fingerprint density at radius 2 is 1.77 bits per heavy atom. The molecule has 1 aliphatic rings. The maximum atomic E-state index is 13.8. The molecule has 0 fully saturated rings. The highest BCUT2D eigenvalue weighted by atomic mass is 35.5. The van der Waals surface area contributed by atoms with E-state index in [0.717, 1.165) is 23.2 Å². The molecule has 1 N–H and O–H groups in total. The quantitative estimate of drug-likeness (QED) is 0.314. The normalized spacial score (nSPS) is 14.8. The van der Waals surface area contributed by atoms with Gasteiger partial charge < -0.3 is 19.9 Å². The van der Waals surface area contributed by atoms with Gasteiger partial charge in [-0.15, -0.1) is 0 Å². The number of nitrogens with one attached hydrogen (secondary N) is 1. The molecule has 2 amide bonds. The number of esters is 1. The molecule has 1 unspecified atom stereocenters. The lowest BCUT2D eigenvalue weighted by Gasteiger charge is -2.25. The molecule has 0 aromatic heterocycles. The Kier molecular flexibility index (Phi) is 9.61. The molecular weight excluding hydrogens is 526 g/mol. The third-order valence-electron chi connectivity index (χ3n) is 7.08. The van der Waals surface area contributed by atoms with Gasteiger partial charge in [0.25, 0.3) is 11.8 Å². The number of anilines is 2. The van der Waals surface area contributed by atoms with Crippen LogP contribution in [0.4, 0.5) is 11.4 Å². The molecule has 0 saturated heterocycles. The molecule has 4 rings (SSSR count). The Bertz CT molecular complexity index is 1400. The number of fused-ring (bicyclic) bond motifs is 1. The van der Waals surface area contributed by atoms with E-state index in [1.54, 1.807) is 35.2 Å². The standard InChI is InChI=1S/C32H36ClN3O4/c1-21-9-5-6-10-25(21)31(38)34-24-14-15-26(22(2)19-24)32(39)36-18-7-11-29(27-20-23(33)13-16-28(27)36)40-30(37)12-8-17-35(3)4/h5-6,9-10,13-16,19-20,29H,7-8,11-12,17-18H2,1-4H3,(H,34,38). The van der Waals surface area contributed by atoms with Crippen molar-refractivity contribution in [3.05, 3.63) is 93.5 Å². The summed E-state index contributed by atoms with van der Waals surface area (Å²) in [4.78, 5) is 43.0. The molecular formula is C32H36ClN3O4. The molecule has 1 aliphatic heterocycles. The highest BCUT2D eigenvalue weighted by Crippen LogP contribution is 2.38. The maximum absolute atomic E-state index is 13.8. The Morgan fingerprint density at radius 3 is 2.50 bits per heavy atom. The summed E-state index contributed by atoms with van der Waals surface area (Å²) in [6.07, 6.45) is 1.83. The average molecular weight is 562 g/mol. The van der Waals surface area contributed by atoms with E-state index in [2.05, 4.69) is 5.32 Å². The molecule has 0 bridgehead atoms. The number of carbonyl (C=O) groups is 3. The molecule has 7 nitrogen and oxygen atoms in total. The molecule has 3 aromatic carbocycles. The largest absolute Gasteiger partial charge is 0.457 e. The molecule has 0 aliphatic carbocycles. The van der Waals surface area contributed by atoms with Crippen LogP contribution in [0.1, 0.15) is 69.2 Å². The first kappa shape index (κ1) is 29.3. The fraction of sp³-hybridized carbons (Fsp3) is 0.344. The van der Waals surface area contributed by atoms with Crippen LogP contribution in [0.15, 0.2) is 60.7 Å². The second-order valence-electron chi connectivity index (χ2n) is 10.5. The summed E-state index contributed by atoms with van der Waals surface area (Å²) in [5, 5.41) is 3.45. The van der Waals surface area contributed by atoms with Gasteiger partial charge in [0, 0.05) is 40.4 Å². The summed E-state index contributed by atoms with van der Waals surface area (Å²) in [6.45, 7) is 5.03. The fourth-order valence-electron chi connectivity index (χ4n) is 4.98. The predicted molar refractivity (Wildman–Crippen MR) is 159 cm³/mol. The first-order valence-electron chi connectivity index (χ1n) is 13.6. The van der Waals surface area contributed by atoms with Gasteiger partial charge in [-0.3, -0.25) is 14.4 Å². The SMILES string of the molecule is Cc1ccccc1C(=O)Nc1ccc(C(=O)N2CCCC(OC(=O)CCCN(C)C)c3cc(Cl)ccc32)c(C)c1. The zero-order valence-electron chi connectivity index (χ0n) is 23.5. The molecule has 210 valence electrons. The van der Waals surface area contributed by atoms with Crippen LogP contribution in [0.3, 0.4) is 0 Å². The summed E-state index contributed by atoms with van der Waals surface area (Å²) < 4.78 is 5.90. The second-order valence-corrected chi connectivity index (χ2v) is 10.9. The number of benzene rings is 3. The number of amides is 2. The van der Waals surface area contributed by atoms with Crippen LogP contribution in [0.2, 0.25) is 5.02 Å². The van der Waals surface area contributed by atoms with Crippen molar-refractivity contribution in [1.29, 1.82) is 0 Å². The predicted octanol–water partition coefficient (Wildman–Crippen LogP) is 6.58. The minimum atomic E-state index is -0.474. The van der Waals surface area contributed by atoms with Gasteiger partial charge in [-0.05, 0) is 107 Å². The molecule has 0 spiro atoms. The minimum Gasteiger partial charge on any atom is -0.457 e. The lowest BCUT2D eigenvalue weighted by Crippen LogP contribution is -2.32. The number of ether oxygens (including phenoxy) is 1. The van der Waals surface area contributed by atoms with Gasteiger partial charge in [0.15, 0.2) is 0 Å². The monoisotopic (exact) mass is 561 g/mol. The van der Waals surface area contributed by atoms with Crippen molar-refractivity contribution in [2.45, 2.75) is 45.6 Å². The van der Waals surface area contributed by atoms with Crippen molar-refractivity contribution >= 4 is 40.8 Å². The van der Waals surface area contributed by atoms with Crippen LogP contribution in [0, 0.1) is 13.8 Å². The van der Waals surface area contributed by atoms with Crippen LogP contribution in [0.5, 0.6) is 0 Å². The zero-order chi connectivity index (χ0) is 28.8. The van der Waals surface area contributed by atoms with Crippen LogP contribution >= 0.6 is 11.6 Å². The second kappa shape index (κ2) is 13.1. The van der Waals surface area contributed by atoms with Crippen LogP contribution in [-0.2, 0) is 9.53 Å². The van der Waals surface area contributed by atoms with E-state index in [1.165, 1.54) is 0 Å². The lowest BCUT2D eigenvalue weighted by molar-refractivity contribution is -0.150. The summed E-state index contributed by atoms with van der Waals surface area (Å²) in [5.41, 5.74) is 4.82. The van der Waals surface area contributed by atoms with E-state index in [1.807, 2.05) is 63.2 Å². The van der Waals surface area contributed by atoms with Gasteiger partial charge in [0.2, 0.25) is 0 Å². The Morgan fingerprint density at radius 1 is 1.00 bits per heavy atom. The van der Waals surface area contributed by atoms with Gasteiger partial charge in [-0.2, -0.15) is 0 Å². The lowest BCUT2D eigenvalue weighted by atomic mass is 10.0. The van der Waals surface area contributed by atoms with Crippen molar-refractivity contribution in [2.24, 2.45) is 0 Å². The topological polar surface area (TPSA) is 79.0 Å². The number of halogens is 1. The zero-order valence-corrected chi connectivity index (χ0v) is 24.3. The highest BCUT2D eigenvalue weighted by Gasteiger charge is 2.30. The number of rotatable bonds is 8. The van der Waals surface area contributed by atoms with Gasteiger partial charge >= 0.3 is 5.97 Å². The van der Waals surface area contributed by atoms with Gasteiger partial charge in [0.05, 0.1) is 5.69 Å². The molecule has 40 heavy (non-hydrogen) atoms. The molecule has 1 atom stereocenters. The van der Waals surface area contributed by atoms with Crippen LogP contribution in [-0.4, -0.2) is 49.9 Å². The van der Waals surface area contributed by atoms with Crippen molar-refractivity contribution in [3.63, 3.8) is 0 Å². The molecule has 1 heterocycles. The Balaban J connectivity index is 1.53. The Hall–Kier alpha value is -3.68. The van der Waals surface area contributed by atoms with E-state index in [-0.39, 0.29) is 17.8 Å². The molecule has 8 heteroatoms. The van der Waals surface area contributed by atoms with Crippen LogP contribution in [0.25, 0.3) is 0 Å². The van der Waals surface area contributed by atoms with E-state index in [4.69, 9.17) is 16.3 Å². The van der Waals surface area contributed by atoms with Gasteiger partial charge in [-0.25, -0.2) is 0 Å². The number of nitrogens with zero attached hydrogens (tertiary/aromatic N) is 2. The van der Waals surface area contributed by atoms with E-state index in [0.29, 0.717) is 59.8 Å². The number of carbonyl (C=O) groups excluding carboxylic acids is 3. The summed E-state index contributed by atoms with van der Waals surface area (Å²) in [6, 6.07) is 18.1. The average Bonchev–Trinajstić information content (AvgIpc) is 3.07. The first-order chi connectivity index (χ1) is 19.1. The van der Waals surface area contributed by atoms with E-state index >= 15 is 0 Å². The molecule has 0 radical (unpaired) electrons. The number of hydrogen-bond acceptors (Lipinski definition) is 5. The smallest absolute Gasteiger partial charge is 0.306 e. The molecule has 0 saturated carbocycles. The van der Waals surface area contributed by atoms with E-state index in [9.17, 15) is 14.4 Å². The first-order valence-corrected chi connectivity index (χ1v) is 13.9. The number of aryl methyl sites for hydroxylation is 2. The van der Waals surface area contributed by atoms with Gasteiger partial charge in [0.1, 0.15) is 6.10 Å². The van der Waals surface area contributed by atoms with Gasteiger partial charge in [-0.1, -0.05) is 29.8 Å². The summed E-state index contributed by atoms with van der Waals surface area (Å²) in [5.74, 6) is -0.607. The fourth-order valence-corrected chi connectivity index (χ4v) is 5.16. The summed E-state index contributed by atoms with van der Waals surface area (Å²) in [7, 11) is 3.94. The highest BCUT2D eigenvalue weighted by molar-refractivity contribution is 6.30. The minimum absolute atomic E-state index is 0.157. The Labute approximate surface area is 241 Å². The molecule has 3 aromatic rings. The summed E-state index contributed by atoms with van der Waals surface area (Å²) >= 11 is 6.35. The number of hydrogen-bond donors (Lipinski definition) is 1. The van der Waals surface area contributed by atoms with Crippen molar-refractivity contribution < 1.29 is 19.1 Å². The van der Waals surface area contributed by atoms with Crippen LogP contribution < -0.4 is 10.2 Å². The maximum Gasteiger partial charge on any atom is 0.306 e.